The molecule has 6 nitrogen and oxygen atoms in total. The van der Waals surface area contributed by atoms with Crippen LogP contribution in [-0.2, 0) is 9.59 Å². The lowest BCUT2D eigenvalue weighted by molar-refractivity contribution is -0.141. The molecule has 1 saturated carbocycles. The molecule has 1 amide bonds. The van der Waals surface area contributed by atoms with Crippen LogP contribution in [0.25, 0.3) is 5.76 Å². The first-order valence-corrected chi connectivity index (χ1v) is 11.5. The second kappa shape index (κ2) is 9.30. The number of aliphatic hydroxyl groups excluding tert-OH is 1. The smallest absolute Gasteiger partial charge is 0.295 e. The van der Waals surface area contributed by atoms with Crippen LogP contribution in [0.1, 0.15) is 62.3 Å². The summed E-state index contributed by atoms with van der Waals surface area (Å²) in [5, 5.41) is 11.4. The maximum atomic E-state index is 13.3. The maximum Gasteiger partial charge on any atom is 0.295 e. The fourth-order valence-electron chi connectivity index (χ4n) is 4.95. The van der Waals surface area contributed by atoms with E-state index >= 15 is 0 Å². The number of ketones is 1. The van der Waals surface area contributed by atoms with Gasteiger partial charge in [-0.3, -0.25) is 9.59 Å². The number of hydrogen-bond donors (Lipinski definition) is 1. The summed E-state index contributed by atoms with van der Waals surface area (Å²) in [6.45, 7) is 5.79. The second-order valence-corrected chi connectivity index (χ2v) is 9.03. The number of hydrogen-bond acceptors (Lipinski definition) is 5. The number of likely N-dealkylation sites (tertiary alicyclic amines) is 1. The standard InChI is InChI=1S/C27H31NO5/c1-16(2)33-21-14-13-18(15-17(21)3)25(29)23-24(20-11-7-8-12-22(20)32-4)28(27(31)26(23)30)19-9-5-6-10-19/h7-8,11-16,19,24,29H,5-6,9-10H2,1-4H3/b25-23+. The van der Waals surface area contributed by atoms with Crippen LogP contribution in [-0.4, -0.2) is 41.0 Å². The molecule has 0 radical (unpaired) electrons. The molecule has 33 heavy (non-hydrogen) atoms. The highest BCUT2D eigenvalue weighted by atomic mass is 16.5. The Bertz CT molecular complexity index is 1100. The van der Waals surface area contributed by atoms with Crippen LogP contribution >= 0.6 is 0 Å². The Morgan fingerprint density at radius 2 is 1.76 bits per heavy atom. The summed E-state index contributed by atoms with van der Waals surface area (Å²) in [6.07, 6.45) is 3.74. The molecule has 1 atom stereocenters. The van der Waals surface area contributed by atoms with Gasteiger partial charge >= 0.3 is 0 Å². The molecule has 1 aliphatic carbocycles. The van der Waals surface area contributed by atoms with Crippen LogP contribution in [0, 0.1) is 6.92 Å². The molecule has 1 unspecified atom stereocenters. The number of amides is 1. The summed E-state index contributed by atoms with van der Waals surface area (Å²) < 4.78 is 11.4. The minimum Gasteiger partial charge on any atom is -0.507 e. The predicted molar refractivity (Wildman–Crippen MR) is 126 cm³/mol. The monoisotopic (exact) mass is 449 g/mol. The van der Waals surface area contributed by atoms with Crippen molar-refractivity contribution >= 4 is 17.4 Å². The number of aliphatic hydroxyl groups is 1. The van der Waals surface area contributed by atoms with Gasteiger partial charge in [0.25, 0.3) is 11.7 Å². The Kier molecular flexibility index (Phi) is 6.45. The quantitative estimate of drug-likeness (QED) is 0.375. The topological polar surface area (TPSA) is 76.1 Å². The van der Waals surface area contributed by atoms with E-state index in [0.717, 1.165) is 31.2 Å². The normalized spacial score (nSPS) is 20.6. The van der Waals surface area contributed by atoms with Gasteiger partial charge in [-0.2, -0.15) is 0 Å². The molecule has 0 bridgehead atoms. The van der Waals surface area contributed by atoms with Crippen LogP contribution < -0.4 is 9.47 Å². The number of nitrogens with zero attached hydrogens (tertiary/aromatic N) is 1. The number of aryl methyl sites for hydroxylation is 1. The molecule has 6 heteroatoms. The molecule has 1 N–H and O–H groups in total. The highest BCUT2D eigenvalue weighted by molar-refractivity contribution is 6.46. The first kappa shape index (κ1) is 22.9. The number of carbonyl (C=O) groups is 2. The largest absolute Gasteiger partial charge is 0.507 e. The number of benzene rings is 2. The lowest BCUT2D eigenvalue weighted by Crippen LogP contribution is -2.37. The number of rotatable bonds is 6. The first-order valence-electron chi connectivity index (χ1n) is 11.5. The van der Waals surface area contributed by atoms with Crippen molar-refractivity contribution in [1.29, 1.82) is 0 Å². The Morgan fingerprint density at radius 1 is 1.06 bits per heavy atom. The Morgan fingerprint density at radius 3 is 2.39 bits per heavy atom. The average Bonchev–Trinajstić information content (AvgIpc) is 3.41. The third-order valence-corrected chi connectivity index (χ3v) is 6.44. The third-order valence-electron chi connectivity index (χ3n) is 6.44. The Balaban J connectivity index is 1.87. The molecule has 0 spiro atoms. The first-order chi connectivity index (χ1) is 15.8. The number of Topliss-reactive ketones (excluding diaryl/α,β-unsaturated/α-hetero) is 1. The van der Waals surface area contributed by atoms with Gasteiger partial charge in [-0.25, -0.2) is 0 Å². The highest BCUT2D eigenvalue weighted by Crippen LogP contribution is 2.46. The molecule has 4 rings (SSSR count). The minimum atomic E-state index is -0.698. The van der Waals surface area contributed by atoms with Crippen LogP contribution in [0.15, 0.2) is 48.0 Å². The number of carbonyl (C=O) groups excluding carboxylic acids is 2. The number of para-hydroxylation sites is 1. The molecule has 2 aromatic rings. The molecular formula is C27H31NO5. The zero-order valence-electron chi connectivity index (χ0n) is 19.6. The predicted octanol–water partition coefficient (Wildman–Crippen LogP) is 5.16. The molecule has 174 valence electrons. The molecule has 1 saturated heterocycles. The highest BCUT2D eigenvalue weighted by Gasteiger charge is 2.50. The van der Waals surface area contributed by atoms with Gasteiger partial charge in [-0.1, -0.05) is 31.0 Å². The van der Waals surface area contributed by atoms with Gasteiger partial charge in [0.15, 0.2) is 0 Å². The van der Waals surface area contributed by atoms with E-state index in [-0.39, 0.29) is 23.5 Å². The third kappa shape index (κ3) is 4.22. The summed E-state index contributed by atoms with van der Waals surface area (Å²) in [5.74, 6) is -0.0975. The molecular weight excluding hydrogens is 418 g/mol. The molecule has 2 aliphatic rings. The van der Waals surface area contributed by atoms with Gasteiger partial charge in [0, 0.05) is 17.2 Å². The van der Waals surface area contributed by atoms with Crippen molar-refractivity contribution in [1.82, 2.24) is 4.90 Å². The summed E-state index contributed by atoms with van der Waals surface area (Å²) >= 11 is 0. The number of methoxy groups -OCH3 is 1. The minimum absolute atomic E-state index is 0.0189. The molecule has 1 heterocycles. The second-order valence-electron chi connectivity index (χ2n) is 9.03. The summed E-state index contributed by atoms with van der Waals surface area (Å²) in [7, 11) is 1.57. The van der Waals surface area contributed by atoms with E-state index in [1.165, 1.54) is 0 Å². The lowest BCUT2D eigenvalue weighted by atomic mass is 9.93. The Labute approximate surface area is 194 Å². The van der Waals surface area contributed by atoms with Gasteiger partial charge < -0.3 is 19.5 Å². The van der Waals surface area contributed by atoms with Crippen molar-refractivity contribution in [2.24, 2.45) is 0 Å². The van der Waals surface area contributed by atoms with Crippen molar-refractivity contribution in [3.05, 3.63) is 64.7 Å². The van der Waals surface area contributed by atoms with E-state index in [4.69, 9.17) is 9.47 Å². The van der Waals surface area contributed by atoms with Gasteiger partial charge in [0.05, 0.1) is 24.8 Å². The van der Waals surface area contributed by atoms with Gasteiger partial charge in [0.2, 0.25) is 0 Å². The van der Waals surface area contributed by atoms with Gasteiger partial charge in [-0.15, -0.1) is 0 Å². The van der Waals surface area contributed by atoms with Crippen molar-refractivity contribution in [3.63, 3.8) is 0 Å². The zero-order chi connectivity index (χ0) is 23.7. The fraction of sp³-hybridized carbons (Fsp3) is 0.407. The summed E-state index contributed by atoms with van der Waals surface area (Å²) in [5.41, 5.74) is 2.12. The van der Waals surface area contributed by atoms with E-state index in [0.29, 0.717) is 22.6 Å². The van der Waals surface area contributed by atoms with Crippen molar-refractivity contribution in [2.45, 2.75) is 64.6 Å². The van der Waals surface area contributed by atoms with E-state index < -0.39 is 17.7 Å². The maximum absolute atomic E-state index is 13.3. The van der Waals surface area contributed by atoms with Crippen molar-refractivity contribution < 1.29 is 24.2 Å². The number of ether oxygens (including phenoxy) is 2. The molecule has 2 fully saturated rings. The van der Waals surface area contributed by atoms with Crippen LogP contribution in [0.4, 0.5) is 0 Å². The molecule has 2 aromatic carbocycles. The fourth-order valence-corrected chi connectivity index (χ4v) is 4.95. The van der Waals surface area contributed by atoms with E-state index in [1.807, 2.05) is 45.0 Å². The van der Waals surface area contributed by atoms with Gasteiger partial charge in [0.1, 0.15) is 17.3 Å². The van der Waals surface area contributed by atoms with Crippen molar-refractivity contribution in [3.8, 4) is 11.5 Å². The zero-order valence-corrected chi connectivity index (χ0v) is 19.6. The average molecular weight is 450 g/mol. The summed E-state index contributed by atoms with van der Waals surface area (Å²) in [6, 6.07) is 11.9. The van der Waals surface area contributed by atoms with E-state index in [2.05, 4.69) is 0 Å². The van der Waals surface area contributed by atoms with Crippen LogP contribution in [0.5, 0.6) is 11.5 Å². The molecule has 1 aliphatic heterocycles. The van der Waals surface area contributed by atoms with Crippen molar-refractivity contribution in [2.75, 3.05) is 7.11 Å². The van der Waals surface area contributed by atoms with Crippen LogP contribution in [0.2, 0.25) is 0 Å². The van der Waals surface area contributed by atoms with E-state index in [1.54, 1.807) is 30.2 Å². The van der Waals surface area contributed by atoms with Crippen LogP contribution in [0.3, 0.4) is 0 Å². The van der Waals surface area contributed by atoms with Gasteiger partial charge in [-0.05, 0) is 63.4 Å². The van der Waals surface area contributed by atoms with E-state index in [9.17, 15) is 14.7 Å². The Hall–Kier alpha value is -3.28. The SMILES string of the molecule is COc1ccccc1C1/C(=C(\O)c2ccc(OC(C)C)c(C)c2)C(=O)C(=O)N1C1CCCC1. The molecule has 0 aromatic heterocycles. The summed E-state index contributed by atoms with van der Waals surface area (Å²) in [4.78, 5) is 28.2. The lowest BCUT2D eigenvalue weighted by Gasteiger charge is -2.31.